The Labute approximate surface area is 619 Å². The van der Waals surface area contributed by atoms with Crippen molar-refractivity contribution in [2.45, 2.75) is 6.92 Å². The summed E-state index contributed by atoms with van der Waals surface area (Å²) in [5.41, 5.74) is 18.9. The van der Waals surface area contributed by atoms with Crippen molar-refractivity contribution in [3.63, 3.8) is 0 Å². The Morgan fingerprint density at radius 3 is 0.813 bits per heavy atom. The number of hydrogen-bond donors (Lipinski definition) is 0. The quantitative estimate of drug-likeness (QED) is 0.110. The van der Waals surface area contributed by atoms with Crippen LogP contribution in [0.4, 0.5) is 0 Å². The van der Waals surface area contributed by atoms with Crippen LogP contribution in [0.5, 0.6) is 0 Å². The van der Waals surface area contributed by atoms with E-state index < -0.39 is 0 Å². The first kappa shape index (κ1) is 60.8. The molecule has 0 fully saturated rings. The van der Waals surface area contributed by atoms with Gasteiger partial charge in [-0.3, -0.25) is 0 Å². The molecular weight excluding hydrogens is 1290 g/mol. The van der Waals surface area contributed by atoms with Crippen molar-refractivity contribution in [3.8, 4) is 77.9 Å². The largest absolute Gasteiger partial charge is 0.0616 e. The lowest BCUT2D eigenvalue weighted by molar-refractivity contribution is 1.47. The van der Waals surface area contributed by atoms with Gasteiger partial charge in [-0.2, -0.15) is 0 Å². The van der Waals surface area contributed by atoms with Gasteiger partial charge < -0.3 is 0 Å². The van der Waals surface area contributed by atoms with E-state index in [1.54, 1.807) is 0 Å². The average molecular weight is 1350 g/mol. The monoisotopic (exact) mass is 1350 g/mol. The van der Waals surface area contributed by atoms with Gasteiger partial charge in [0.05, 0.1) is 0 Å². The Kier molecular flexibility index (Phi) is 13.7. The lowest BCUT2D eigenvalue weighted by Gasteiger charge is -2.21. The van der Waals surface area contributed by atoms with Gasteiger partial charge in [0.15, 0.2) is 0 Å². The number of fused-ring (bicyclic) bond motifs is 9. The smallest absolute Gasteiger partial charge is 0.00199 e. The normalized spacial score (nSPS) is 12.0. The first-order chi connectivity index (χ1) is 53.0. The van der Waals surface area contributed by atoms with Gasteiger partial charge in [0.2, 0.25) is 0 Å². The standard InChI is InChI=1S/C60H36.C47H30/c1-4-17-46-42(12-1)34-44(37-24-26-38(27-25-37)55-35-43-13-2-3-16-45(43)47-18-5-6-19-48(47)55)36-56(46)60-51-22-9-7-20-49(51)59(50-21-8-10-23-52(50)60)54-33-31-41-29-28-39-14-11-15-40-30-32-53(54)58(41)57(39)40;1-29-17-19-30(20-18-29)35-27-34-9-2-3-12-36(34)43(28-35)47-39-15-6-4-13-37(39)46(38-14-5-7-16-40(38)47)42-26-24-33-22-21-31-10-8-11-32-23-25-41(42)45(33)44(31)32/h1-36H;2-28H,1H3. The molecular formula is C107H66. The number of aryl methyl sites for hydroxylation is 1. The summed E-state index contributed by atoms with van der Waals surface area (Å²) < 4.78 is 0. The lowest BCUT2D eigenvalue weighted by atomic mass is 9.82. The Hall–Kier alpha value is -13.8. The fraction of sp³-hybridized carbons (Fsp3) is 0.00935. The topological polar surface area (TPSA) is 0 Å². The molecule has 0 aliphatic heterocycles. The second kappa shape index (κ2) is 24.2. The summed E-state index contributed by atoms with van der Waals surface area (Å²) in [4.78, 5) is 0. The zero-order valence-electron chi connectivity index (χ0n) is 58.9. The van der Waals surface area contributed by atoms with Crippen molar-refractivity contribution in [2.75, 3.05) is 0 Å². The molecule has 0 aromatic heterocycles. The molecule has 0 aliphatic carbocycles. The molecule has 0 N–H and O–H groups in total. The summed E-state index contributed by atoms with van der Waals surface area (Å²) in [5.74, 6) is 0. The minimum atomic E-state index is 1.20. The summed E-state index contributed by atoms with van der Waals surface area (Å²) in [6.45, 7) is 2.15. The summed E-state index contributed by atoms with van der Waals surface area (Å²) in [6, 6.07) is 143. The van der Waals surface area contributed by atoms with Crippen molar-refractivity contribution in [1.29, 1.82) is 0 Å². The highest BCUT2D eigenvalue weighted by Gasteiger charge is 2.25. The molecule has 23 aromatic rings. The Morgan fingerprint density at radius 2 is 0.411 bits per heavy atom. The van der Waals surface area contributed by atoms with Gasteiger partial charge in [-0.05, 0) is 266 Å². The Morgan fingerprint density at radius 1 is 0.131 bits per heavy atom. The second-order valence-electron chi connectivity index (χ2n) is 29.2. The SMILES string of the molecule is Cc1ccc(-c2cc(-c3c4ccccc4c(-c4ccc5ccc6cccc7ccc4c5c67)c4ccccc34)c3ccccc3c2)cc1.c1ccc2c(-c3c4ccccc4c(-c4ccc5ccc6cccc7ccc4c5c67)c4ccccc34)cc(-c3ccc(-c4cc5ccccc5c5ccccc45)cc3)cc2c1. The van der Waals surface area contributed by atoms with Crippen LogP contribution in [0.25, 0.3) is 229 Å². The van der Waals surface area contributed by atoms with Gasteiger partial charge in [0.25, 0.3) is 0 Å². The van der Waals surface area contributed by atoms with E-state index in [-0.39, 0.29) is 0 Å². The van der Waals surface area contributed by atoms with Crippen LogP contribution in [-0.4, -0.2) is 0 Å². The van der Waals surface area contributed by atoms with Crippen molar-refractivity contribution in [3.05, 3.63) is 388 Å². The van der Waals surface area contributed by atoms with Crippen LogP contribution in [0.3, 0.4) is 0 Å². The fourth-order valence-electron chi connectivity index (χ4n) is 18.6. The molecule has 0 bridgehead atoms. The molecule has 0 amide bonds. The summed E-state index contributed by atoms with van der Waals surface area (Å²) in [7, 11) is 0. The van der Waals surface area contributed by atoms with E-state index in [9.17, 15) is 0 Å². The molecule has 0 spiro atoms. The van der Waals surface area contributed by atoms with E-state index >= 15 is 0 Å². The molecule has 23 rings (SSSR count). The van der Waals surface area contributed by atoms with E-state index in [1.165, 1.54) is 234 Å². The molecule has 0 radical (unpaired) electrons. The first-order valence-corrected chi connectivity index (χ1v) is 37.4. The predicted molar refractivity (Wildman–Crippen MR) is 463 cm³/mol. The highest BCUT2D eigenvalue weighted by Crippen LogP contribution is 2.52. The molecule has 0 unspecified atom stereocenters. The number of rotatable bonds is 7. The van der Waals surface area contributed by atoms with Crippen LogP contribution in [-0.2, 0) is 0 Å². The van der Waals surface area contributed by atoms with Gasteiger partial charge in [0.1, 0.15) is 0 Å². The average Bonchev–Trinajstić information content (AvgIpc) is 0.710. The van der Waals surface area contributed by atoms with Crippen LogP contribution >= 0.6 is 0 Å². The number of benzene rings is 23. The molecule has 23 aromatic carbocycles. The molecule has 0 aliphatic rings. The van der Waals surface area contributed by atoms with Crippen molar-refractivity contribution in [1.82, 2.24) is 0 Å². The van der Waals surface area contributed by atoms with Crippen LogP contribution in [0, 0.1) is 6.92 Å². The minimum Gasteiger partial charge on any atom is -0.0616 e. The van der Waals surface area contributed by atoms with Crippen molar-refractivity contribution < 1.29 is 0 Å². The van der Waals surface area contributed by atoms with Crippen LogP contribution in [0.2, 0.25) is 0 Å². The maximum Gasteiger partial charge on any atom is -0.00199 e. The van der Waals surface area contributed by atoms with Crippen molar-refractivity contribution in [2.24, 2.45) is 0 Å². The van der Waals surface area contributed by atoms with Crippen LogP contribution in [0.1, 0.15) is 5.56 Å². The minimum absolute atomic E-state index is 1.20. The van der Waals surface area contributed by atoms with E-state index in [2.05, 4.69) is 389 Å². The molecule has 0 atom stereocenters. The third-order valence-corrected chi connectivity index (χ3v) is 23.4. The molecule has 107 heavy (non-hydrogen) atoms. The molecule has 0 nitrogen and oxygen atoms in total. The van der Waals surface area contributed by atoms with Gasteiger partial charge in [-0.1, -0.05) is 357 Å². The number of hydrogen-bond acceptors (Lipinski definition) is 0. The van der Waals surface area contributed by atoms with Crippen LogP contribution < -0.4 is 0 Å². The third-order valence-electron chi connectivity index (χ3n) is 23.4. The molecule has 0 heteroatoms. The van der Waals surface area contributed by atoms with E-state index in [0.717, 1.165) is 0 Å². The summed E-state index contributed by atoms with van der Waals surface area (Å²) in [6.07, 6.45) is 0. The maximum absolute atomic E-state index is 2.44. The second-order valence-corrected chi connectivity index (χ2v) is 29.2. The van der Waals surface area contributed by atoms with Gasteiger partial charge in [-0.25, -0.2) is 0 Å². The van der Waals surface area contributed by atoms with E-state index in [1.807, 2.05) is 0 Å². The Bertz CT molecular complexity index is 7460. The molecule has 494 valence electrons. The van der Waals surface area contributed by atoms with Gasteiger partial charge in [0, 0.05) is 0 Å². The molecule has 0 heterocycles. The van der Waals surface area contributed by atoms with E-state index in [0.29, 0.717) is 0 Å². The molecule has 0 saturated carbocycles. The Balaban J connectivity index is 0.000000137. The maximum atomic E-state index is 2.44. The zero-order valence-corrected chi connectivity index (χ0v) is 58.9. The third kappa shape index (κ3) is 9.56. The van der Waals surface area contributed by atoms with Crippen LogP contribution in [0.15, 0.2) is 382 Å². The predicted octanol–water partition coefficient (Wildman–Crippen LogP) is 30.4. The first-order valence-electron chi connectivity index (χ1n) is 37.4. The summed E-state index contributed by atoms with van der Waals surface area (Å²) >= 11 is 0. The van der Waals surface area contributed by atoms with Crippen molar-refractivity contribution >= 4 is 151 Å². The van der Waals surface area contributed by atoms with E-state index in [4.69, 9.17) is 0 Å². The highest BCUT2D eigenvalue weighted by molar-refractivity contribution is 6.33. The summed E-state index contributed by atoms with van der Waals surface area (Å²) in [5, 5.41) is 36.1. The highest BCUT2D eigenvalue weighted by atomic mass is 14.3. The zero-order chi connectivity index (χ0) is 70.4. The van der Waals surface area contributed by atoms with Gasteiger partial charge in [-0.15, -0.1) is 0 Å². The van der Waals surface area contributed by atoms with Gasteiger partial charge >= 0.3 is 0 Å². The molecule has 0 saturated heterocycles. The fourth-order valence-corrected chi connectivity index (χ4v) is 18.6. The lowest BCUT2D eigenvalue weighted by Crippen LogP contribution is -1.94.